The van der Waals surface area contributed by atoms with E-state index in [4.69, 9.17) is 16.3 Å². The summed E-state index contributed by atoms with van der Waals surface area (Å²) in [7, 11) is 0. The minimum absolute atomic E-state index is 0.0979. The molecule has 0 radical (unpaired) electrons. The van der Waals surface area contributed by atoms with Crippen LogP contribution in [0.5, 0.6) is 0 Å². The third kappa shape index (κ3) is 2.99. The molecule has 9 heteroatoms. The molecule has 0 aromatic carbocycles. The smallest absolute Gasteiger partial charge is 0.277 e. The Balaban J connectivity index is 1.84. The van der Waals surface area contributed by atoms with Crippen LogP contribution >= 0.6 is 23.1 Å². The number of pyridine rings is 1. The Labute approximate surface area is 135 Å². The van der Waals surface area contributed by atoms with Crippen LogP contribution in [0.1, 0.15) is 9.67 Å². The van der Waals surface area contributed by atoms with Crippen molar-refractivity contribution in [1.29, 1.82) is 0 Å². The van der Waals surface area contributed by atoms with Gasteiger partial charge in [-0.1, -0.05) is 23.1 Å². The third-order valence-electron chi connectivity index (χ3n) is 3.20. The molecule has 1 fully saturated rings. The number of carbonyl (C=O) groups is 1. The van der Waals surface area contributed by atoms with Crippen molar-refractivity contribution < 1.29 is 9.53 Å². The van der Waals surface area contributed by atoms with E-state index in [1.807, 2.05) is 4.90 Å². The van der Waals surface area contributed by atoms with E-state index in [9.17, 15) is 9.59 Å². The molecule has 0 bridgehead atoms. The fourth-order valence-corrected chi connectivity index (χ4v) is 3.06. The summed E-state index contributed by atoms with van der Waals surface area (Å²) in [5.41, 5.74) is 0.114. The quantitative estimate of drug-likeness (QED) is 0.885. The van der Waals surface area contributed by atoms with Crippen molar-refractivity contribution in [2.45, 2.75) is 0 Å². The van der Waals surface area contributed by atoms with Gasteiger partial charge in [0, 0.05) is 19.3 Å². The lowest BCUT2D eigenvalue weighted by molar-refractivity contribution is 0.103. The van der Waals surface area contributed by atoms with E-state index >= 15 is 0 Å². The van der Waals surface area contributed by atoms with E-state index in [1.165, 1.54) is 0 Å². The third-order valence-corrected chi connectivity index (χ3v) is 4.55. The summed E-state index contributed by atoms with van der Waals surface area (Å²) in [6.45, 7) is 2.65. The maximum Gasteiger partial charge on any atom is 0.277 e. The predicted octanol–water partition coefficient (Wildman–Crippen LogP) is 1.57. The van der Waals surface area contributed by atoms with Gasteiger partial charge in [-0.2, -0.15) is 0 Å². The Bertz CT molecular complexity index is 739. The first-order valence-corrected chi connectivity index (χ1v) is 7.82. The largest absolute Gasteiger partial charge is 0.378 e. The first-order chi connectivity index (χ1) is 10.7. The number of aromatic nitrogens is 2. The summed E-state index contributed by atoms with van der Waals surface area (Å²) < 4.78 is 7.75. The number of rotatable bonds is 3. The fraction of sp³-hybridized carbons (Fsp3) is 0.308. The number of H-pyrrole nitrogens is 1. The molecule has 0 atom stereocenters. The zero-order valence-electron chi connectivity index (χ0n) is 11.5. The number of carbonyl (C=O) groups excluding carboxylic acids is 1. The lowest BCUT2D eigenvalue weighted by Gasteiger charge is -2.29. The second-order valence-electron chi connectivity index (χ2n) is 4.60. The number of ether oxygens (including phenoxy) is 1. The normalized spacial score (nSPS) is 14.9. The molecule has 1 saturated heterocycles. The van der Waals surface area contributed by atoms with Crippen LogP contribution in [0.3, 0.4) is 0 Å². The number of hydrogen-bond donors (Lipinski definition) is 2. The Morgan fingerprint density at radius 3 is 2.91 bits per heavy atom. The second-order valence-corrected chi connectivity index (χ2v) is 5.80. The fourth-order valence-electron chi connectivity index (χ4n) is 2.14. The number of anilines is 2. The van der Waals surface area contributed by atoms with E-state index in [-0.39, 0.29) is 9.90 Å². The standard InChI is InChI=1S/C13H13ClN4O3S/c14-9-10(22-17-12(9)19)13(20)16-8-2-1-3-15-11(8)18-4-6-21-7-5-18/h1-3H,4-7H2,(H,16,20)(H,17,19). The Kier molecular flexibility index (Phi) is 4.41. The summed E-state index contributed by atoms with van der Waals surface area (Å²) in [4.78, 5) is 30.1. The lowest BCUT2D eigenvalue weighted by atomic mass is 10.3. The summed E-state index contributed by atoms with van der Waals surface area (Å²) in [5, 5.41) is 2.66. The van der Waals surface area contributed by atoms with E-state index < -0.39 is 11.5 Å². The molecule has 7 nitrogen and oxygen atoms in total. The second kappa shape index (κ2) is 6.47. The molecule has 0 unspecified atom stereocenters. The van der Waals surface area contributed by atoms with Crippen molar-refractivity contribution in [3.8, 4) is 0 Å². The number of nitrogens with one attached hydrogen (secondary N) is 2. The Morgan fingerprint density at radius 1 is 1.45 bits per heavy atom. The number of amides is 1. The molecule has 3 rings (SSSR count). The van der Waals surface area contributed by atoms with Gasteiger partial charge in [0.1, 0.15) is 9.90 Å². The van der Waals surface area contributed by atoms with Gasteiger partial charge < -0.3 is 15.0 Å². The van der Waals surface area contributed by atoms with Crippen molar-refractivity contribution >= 4 is 40.5 Å². The molecule has 1 amide bonds. The summed E-state index contributed by atoms with van der Waals surface area (Å²) >= 11 is 6.73. The van der Waals surface area contributed by atoms with Crippen molar-refractivity contribution in [2.75, 3.05) is 36.5 Å². The SMILES string of the molecule is O=C(Nc1cccnc1N1CCOCC1)c1s[nH]c(=O)c1Cl. The minimum Gasteiger partial charge on any atom is -0.378 e. The maximum atomic E-state index is 12.3. The van der Waals surface area contributed by atoms with Crippen LogP contribution in [0.15, 0.2) is 23.1 Å². The van der Waals surface area contributed by atoms with E-state index in [1.54, 1.807) is 18.3 Å². The highest BCUT2D eigenvalue weighted by Gasteiger charge is 2.20. The molecule has 116 valence electrons. The molecular weight excluding hydrogens is 328 g/mol. The van der Waals surface area contributed by atoms with Crippen molar-refractivity contribution in [2.24, 2.45) is 0 Å². The summed E-state index contributed by atoms with van der Waals surface area (Å²) in [5.74, 6) is 0.244. The highest BCUT2D eigenvalue weighted by molar-refractivity contribution is 7.08. The van der Waals surface area contributed by atoms with Gasteiger partial charge in [-0.15, -0.1) is 0 Å². The Hall–Kier alpha value is -1.90. The van der Waals surface area contributed by atoms with E-state index in [0.717, 1.165) is 11.5 Å². The average molecular weight is 341 g/mol. The van der Waals surface area contributed by atoms with Crippen LogP contribution < -0.4 is 15.8 Å². The highest BCUT2D eigenvalue weighted by atomic mass is 35.5. The van der Waals surface area contributed by atoms with Crippen LogP contribution in [0, 0.1) is 0 Å². The molecule has 22 heavy (non-hydrogen) atoms. The molecule has 2 N–H and O–H groups in total. The molecule has 2 aromatic rings. The van der Waals surface area contributed by atoms with Crippen LogP contribution in [-0.4, -0.2) is 41.6 Å². The van der Waals surface area contributed by atoms with Crippen LogP contribution in [0.25, 0.3) is 0 Å². The topological polar surface area (TPSA) is 87.3 Å². The molecule has 0 aliphatic carbocycles. The van der Waals surface area contributed by atoms with Gasteiger partial charge in [-0.3, -0.25) is 14.0 Å². The molecule has 0 saturated carbocycles. The monoisotopic (exact) mass is 340 g/mol. The molecule has 1 aliphatic rings. The van der Waals surface area contributed by atoms with Crippen molar-refractivity contribution in [1.82, 2.24) is 9.36 Å². The van der Waals surface area contributed by atoms with Crippen LogP contribution in [0.2, 0.25) is 5.02 Å². The van der Waals surface area contributed by atoms with Gasteiger partial charge >= 0.3 is 0 Å². The zero-order chi connectivity index (χ0) is 15.5. The van der Waals surface area contributed by atoms with E-state index in [2.05, 4.69) is 14.7 Å². The maximum absolute atomic E-state index is 12.3. The summed E-state index contributed by atoms with van der Waals surface area (Å²) in [6.07, 6.45) is 1.67. The lowest BCUT2D eigenvalue weighted by Crippen LogP contribution is -2.37. The molecular formula is C13H13ClN4O3S. The van der Waals surface area contributed by atoms with Crippen LogP contribution in [-0.2, 0) is 4.74 Å². The van der Waals surface area contributed by atoms with Gasteiger partial charge in [0.05, 0.1) is 18.9 Å². The molecule has 3 heterocycles. The molecule has 0 spiro atoms. The summed E-state index contributed by atoms with van der Waals surface area (Å²) in [6, 6.07) is 3.50. The van der Waals surface area contributed by atoms with Gasteiger partial charge in [0.15, 0.2) is 5.82 Å². The van der Waals surface area contributed by atoms with E-state index in [0.29, 0.717) is 37.8 Å². The number of morpholine rings is 1. The molecule has 2 aromatic heterocycles. The van der Waals surface area contributed by atoms with Gasteiger partial charge in [0.25, 0.3) is 11.5 Å². The van der Waals surface area contributed by atoms with Crippen molar-refractivity contribution in [3.05, 3.63) is 38.6 Å². The molecule has 1 aliphatic heterocycles. The van der Waals surface area contributed by atoms with Gasteiger partial charge in [-0.05, 0) is 12.1 Å². The van der Waals surface area contributed by atoms with Gasteiger partial charge in [0.2, 0.25) is 0 Å². The highest BCUT2D eigenvalue weighted by Crippen LogP contribution is 2.25. The number of nitrogens with zero attached hydrogens (tertiary/aromatic N) is 2. The minimum atomic E-state index is -0.462. The Morgan fingerprint density at radius 2 is 2.23 bits per heavy atom. The zero-order valence-corrected chi connectivity index (χ0v) is 13.0. The number of halogens is 1. The number of hydrogen-bond acceptors (Lipinski definition) is 6. The predicted molar refractivity (Wildman–Crippen MR) is 85.2 cm³/mol. The number of aromatic amines is 1. The first-order valence-electron chi connectivity index (χ1n) is 6.63. The van der Waals surface area contributed by atoms with Crippen molar-refractivity contribution in [3.63, 3.8) is 0 Å². The van der Waals surface area contributed by atoms with Crippen LogP contribution in [0.4, 0.5) is 11.5 Å². The van der Waals surface area contributed by atoms with Gasteiger partial charge in [-0.25, -0.2) is 4.98 Å². The average Bonchev–Trinajstić information content (AvgIpc) is 2.88. The first kappa shape index (κ1) is 15.0.